The van der Waals surface area contributed by atoms with Gasteiger partial charge in [-0.15, -0.1) is 0 Å². The Morgan fingerprint density at radius 2 is 2.17 bits per heavy atom. The molecular weight excluding hydrogens is 152 g/mol. The summed E-state index contributed by atoms with van der Waals surface area (Å²) in [5.41, 5.74) is 5.70. The van der Waals surface area contributed by atoms with Crippen LogP contribution in [0.3, 0.4) is 0 Å². The second-order valence-corrected chi connectivity index (χ2v) is 3.74. The molecule has 3 nitrogen and oxygen atoms in total. The van der Waals surface area contributed by atoms with Gasteiger partial charge < -0.3 is 15.8 Å². The lowest BCUT2D eigenvalue weighted by Crippen LogP contribution is -2.49. The number of nitrogens with two attached hydrogens (primary N) is 1. The molecule has 1 saturated carbocycles. The summed E-state index contributed by atoms with van der Waals surface area (Å²) in [6.45, 7) is 5.32. The summed E-state index contributed by atoms with van der Waals surface area (Å²) in [6.07, 6.45) is 3.99. The molecule has 0 aromatic heterocycles. The summed E-state index contributed by atoms with van der Waals surface area (Å²) in [5, 5.41) is 3.49. The number of hydrogen-bond donors (Lipinski definition) is 2. The summed E-state index contributed by atoms with van der Waals surface area (Å²) in [7, 11) is 0. The zero-order valence-corrected chi connectivity index (χ0v) is 7.94. The number of rotatable bonds is 6. The molecule has 0 aromatic carbocycles. The fourth-order valence-corrected chi connectivity index (χ4v) is 1.49. The lowest BCUT2D eigenvalue weighted by atomic mass is 9.78. The molecule has 0 saturated heterocycles. The Hall–Kier alpha value is -0.120. The van der Waals surface area contributed by atoms with Crippen molar-refractivity contribution in [1.82, 2.24) is 5.32 Å². The molecule has 12 heavy (non-hydrogen) atoms. The molecule has 0 atom stereocenters. The van der Waals surface area contributed by atoms with Crippen LogP contribution in [0, 0.1) is 0 Å². The van der Waals surface area contributed by atoms with E-state index in [4.69, 9.17) is 10.5 Å². The minimum Gasteiger partial charge on any atom is -0.379 e. The van der Waals surface area contributed by atoms with E-state index in [2.05, 4.69) is 12.2 Å². The molecule has 1 rings (SSSR count). The minimum atomic E-state index is 0.409. The normalized spacial score (nSPS) is 20.5. The van der Waals surface area contributed by atoms with Crippen LogP contribution in [0.2, 0.25) is 0 Å². The topological polar surface area (TPSA) is 47.3 Å². The molecule has 3 N–H and O–H groups in total. The van der Waals surface area contributed by atoms with Gasteiger partial charge in [-0.25, -0.2) is 0 Å². The van der Waals surface area contributed by atoms with Crippen LogP contribution in [0.4, 0.5) is 0 Å². The smallest absolute Gasteiger partial charge is 0.0591 e. The molecule has 0 aromatic rings. The molecule has 1 aliphatic carbocycles. The fraction of sp³-hybridized carbons (Fsp3) is 1.00. The first kappa shape index (κ1) is 9.96. The highest BCUT2D eigenvalue weighted by Gasteiger charge is 2.30. The van der Waals surface area contributed by atoms with Crippen LogP contribution in [-0.4, -0.2) is 31.8 Å². The van der Waals surface area contributed by atoms with E-state index >= 15 is 0 Å². The van der Waals surface area contributed by atoms with E-state index in [0.717, 1.165) is 13.2 Å². The van der Waals surface area contributed by atoms with Crippen LogP contribution in [0.5, 0.6) is 0 Å². The Kier molecular flexibility index (Phi) is 3.98. The monoisotopic (exact) mass is 172 g/mol. The molecule has 0 aliphatic heterocycles. The van der Waals surface area contributed by atoms with Gasteiger partial charge in [-0.1, -0.05) is 0 Å². The van der Waals surface area contributed by atoms with E-state index in [-0.39, 0.29) is 0 Å². The van der Waals surface area contributed by atoms with Crippen LogP contribution < -0.4 is 11.1 Å². The standard InChI is InChI=1S/C9H20N2O/c1-9(3-2-4-9)11-6-8-12-7-5-10/h11H,2-8,10H2,1H3. The molecule has 0 bridgehead atoms. The van der Waals surface area contributed by atoms with Crippen LogP contribution in [0.15, 0.2) is 0 Å². The Labute approximate surface area is 74.7 Å². The van der Waals surface area contributed by atoms with Gasteiger partial charge >= 0.3 is 0 Å². The van der Waals surface area contributed by atoms with Gasteiger partial charge in [0.15, 0.2) is 0 Å². The summed E-state index contributed by atoms with van der Waals surface area (Å²) >= 11 is 0. The van der Waals surface area contributed by atoms with E-state index in [1.165, 1.54) is 19.3 Å². The van der Waals surface area contributed by atoms with Crippen molar-refractivity contribution in [3.05, 3.63) is 0 Å². The highest BCUT2D eigenvalue weighted by atomic mass is 16.5. The number of nitrogens with one attached hydrogen (secondary N) is 1. The Bertz CT molecular complexity index is 124. The Morgan fingerprint density at radius 3 is 2.67 bits per heavy atom. The van der Waals surface area contributed by atoms with E-state index in [1.54, 1.807) is 0 Å². The molecule has 1 fully saturated rings. The SMILES string of the molecule is CC1(NCCOCCN)CCC1. The third kappa shape index (κ3) is 3.09. The molecule has 0 amide bonds. The highest BCUT2D eigenvalue weighted by Crippen LogP contribution is 2.30. The number of hydrogen-bond acceptors (Lipinski definition) is 3. The molecule has 0 heterocycles. The number of ether oxygens (including phenoxy) is 1. The third-order valence-electron chi connectivity index (χ3n) is 2.52. The fourth-order valence-electron chi connectivity index (χ4n) is 1.49. The third-order valence-corrected chi connectivity index (χ3v) is 2.52. The van der Waals surface area contributed by atoms with E-state index < -0.39 is 0 Å². The van der Waals surface area contributed by atoms with Crippen molar-refractivity contribution >= 4 is 0 Å². The molecule has 1 aliphatic rings. The lowest BCUT2D eigenvalue weighted by molar-refractivity contribution is 0.122. The summed E-state index contributed by atoms with van der Waals surface area (Å²) in [5.74, 6) is 0. The molecule has 3 heteroatoms. The highest BCUT2D eigenvalue weighted by molar-refractivity contribution is 4.91. The van der Waals surface area contributed by atoms with Crippen LogP contribution in [-0.2, 0) is 4.74 Å². The van der Waals surface area contributed by atoms with Crippen LogP contribution in [0.1, 0.15) is 26.2 Å². The maximum Gasteiger partial charge on any atom is 0.0591 e. The van der Waals surface area contributed by atoms with E-state index in [0.29, 0.717) is 18.7 Å². The summed E-state index contributed by atoms with van der Waals surface area (Å²) < 4.78 is 5.26. The second-order valence-electron chi connectivity index (χ2n) is 3.74. The first-order valence-corrected chi connectivity index (χ1v) is 4.80. The van der Waals surface area contributed by atoms with Crippen molar-refractivity contribution in [2.45, 2.75) is 31.7 Å². The van der Waals surface area contributed by atoms with Gasteiger partial charge in [0.1, 0.15) is 0 Å². The van der Waals surface area contributed by atoms with E-state index in [9.17, 15) is 0 Å². The van der Waals surface area contributed by atoms with Crippen molar-refractivity contribution < 1.29 is 4.74 Å². The van der Waals surface area contributed by atoms with Crippen molar-refractivity contribution in [3.63, 3.8) is 0 Å². The quantitative estimate of drug-likeness (QED) is 0.573. The van der Waals surface area contributed by atoms with Gasteiger partial charge in [0.2, 0.25) is 0 Å². The largest absolute Gasteiger partial charge is 0.379 e. The first-order chi connectivity index (χ1) is 5.77. The molecule has 0 radical (unpaired) electrons. The van der Waals surface area contributed by atoms with Gasteiger partial charge in [-0.2, -0.15) is 0 Å². The first-order valence-electron chi connectivity index (χ1n) is 4.80. The summed E-state index contributed by atoms with van der Waals surface area (Å²) in [4.78, 5) is 0. The zero-order valence-electron chi connectivity index (χ0n) is 7.94. The van der Waals surface area contributed by atoms with Crippen molar-refractivity contribution in [3.8, 4) is 0 Å². The van der Waals surface area contributed by atoms with Crippen LogP contribution >= 0.6 is 0 Å². The Morgan fingerprint density at radius 1 is 1.42 bits per heavy atom. The average Bonchev–Trinajstić information content (AvgIpc) is 2.01. The minimum absolute atomic E-state index is 0.409. The molecule has 0 unspecified atom stereocenters. The van der Waals surface area contributed by atoms with Gasteiger partial charge in [0.25, 0.3) is 0 Å². The Balaban J connectivity index is 1.88. The predicted molar refractivity (Wildman–Crippen MR) is 50.1 cm³/mol. The molecular formula is C9H20N2O. The van der Waals surface area contributed by atoms with Gasteiger partial charge in [-0.3, -0.25) is 0 Å². The van der Waals surface area contributed by atoms with Gasteiger partial charge in [0, 0.05) is 18.6 Å². The zero-order chi connectivity index (χ0) is 8.86. The second kappa shape index (κ2) is 4.80. The van der Waals surface area contributed by atoms with Crippen molar-refractivity contribution in [1.29, 1.82) is 0 Å². The van der Waals surface area contributed by atoms with Crippen molar-refractivity contribution in [2.75, 3.05) is 26.3 Å². The van der Waals surface area contributed by atoms with Gasteiger partial charge in [0.05, 0.1) is 13.2 Å². The molecule has 0 spiro atoms. The van der Waals surface area contributed by atoms with Crippen molar-refractivity contribution in [2.24, 2.45) is 5.73 Å². The summed E-state index contributed by atoms with van der Waals surface area (Å²) in [6, 6.07) is 0. The maximum atomic E-state index is 5.29. The van der Waals surface area contributed by atoms with Crippen LogP contribution in [0.25, 0.3) is 0 Å². The maximum absolute atomic E-state index is 5.29. The molecule has 72 valence electrons. The van der Waals surface area contributed by atoms with Gasteiger partial charge in [-0.05, 0) is 26.2 Å². The lowest BCUT2D eigenvalue weighted by Gasteiger charge is -2.39. The van der Waals surface area contributed by atoms with E-state index in [1.807, 2.05) is 0 Å². The average molecular weight is 172 g/mol. The predicted octanol–water partition coefficient (Wildman–Crippen LogP) is 0.494.